The summed E-state index contributed by atoms with van der Waals surface area (Å²) in [5, 5.41) is 29.5. The van der Waals surface area contributed by atoms with Gasteiger partial charge in [-0.15, -0.1) is 22.7 Å². The number of benzene rings is 18. The minimum Gasteiger partial charge on any atom is -0.452 e. The lowest BCUT2D eigenvalue weighted by Crippen LogP contribution is -2.24. The van der Waals surface area contributed by atoms with E-state index >= 15 is 0 Å². The molecule has 0 spiro atoms. The Labute approximate surface area is 640 Å². The molecule has 7 aromatic heterocycles. The molecule has 0 saturated carbocycles. The van der Waals surface area contributed by atoms with Crippen molar-refractivity contribution in [3.8, 4) is 45.7 Å². The molecular formula is C102H56N6OS2. The summed E-state index contributed by atoms with van der Waals surface area (Å²) in [6.07, 6.45) is 0. The number of fused-ring (bicyclic) bond motifs is 34. The van der Waals surface area contributed by atoms with Gasteiger partial charge in [-0.05, 0) is 160 Å². The fourth-order valence-electron chi connectivity index (χ4n) is 19.9. The van der Waals surface area contributed by atoms with E-state index in [1.807, 2.05) is 23.5 Å². The molecular weight excluding hydrogens is 1390 g/mol. The van der Waals surface area contributed by atoms with Crippen molar-refractivity contribution in [1.82, 2.24) is 29.1 Å². The molecule has 0 bridgehead atoms. The van der Waals surface area contributed by atoms with Crippen LogP contribution in [0.2, 0.25) is 0 Å². The average Bonchev–Trinajstić information content (AvgIpc) is 1.56. The fourth-order valence-corrected chi connectivity index (χ4v) is 22.3. The molecule has 9 heteroatoms. The zero-order chi connectivity index (χ0) is 72.2. The van der Waals surface area contributed by atoms with E-state index in [1.54, 1.807) is 11.3 Å². The Kier molecular flexibility index (Phi) is 11.9. The summed E-state index contributed by atoms with van der Waals surface area (Å²) in [6.45, 7) is 2.44. The van der Waals surface area contributed by atoms with E-state index in [0.29, 0.717) is 17.5 Å². The van der Waals surface area contributed by atoms with Gasteiger partial charge in [0.15, 0.2) is 5.58 Å². The molecule has 0 radical (unpaired) electrons. The summed E-state index contributed by atoms with van der Waals surface area (Å²) >= 11 is 3.65. The Morgan fingerprint density at radius 3 is 1.28 bits per heavy atom. The van der Waals surface area contributed by atoms with Crippen molar-refractivity contribution in [2.24, 2.45) is 0 Å². The van der Waals surface area contributed by atoms with Crippen LogP contribution in [0.25, 0.3) is 238 Å². The minimum absolute atomic E-state index is 0.575. The molecule has 512 valence electrons. The summed E-state index contributed by atoms with van der Waals surface area (Å²) in [5.41, 5.74) is 14.8. The van der Waals surface area contributed by atoms with Crippen LogP contribution in [0.5, 0.6) is 0 Å². The summed E-state index contributed by atoms with van der Waals surface area (Å²) in [7, 11) is 0. The van der Waals surface area contributed by atoms with E-state index in [1.165, 1.54) is 106 Å². The van der Waals surface area contributed by atoms with Crippen molar-refractivity contribution in [2.75, 3.05) is 0 Å². The quantitative estimate of drug-likeness (QED) is 0.161. The molecule has 25 aromatic rings. The first kappa shape index (κ1) is 60.1. The number of hydrogen-bond donors (Lipinski definition) is 0. The SMILES string of the molecule is CC1(c2ccc3c(c2)c2ccccc2c2ccc4c(c5cc6ccccc6cc5n4-c4nc(-c5cccc6c5sc5ccccc56)c5oc6ccccc6c5n4)c23)c2ccccc2-c2nc(-n3c4cc5ccccc5cc4c4c5c6ccccc6c6ccccc6c5ccc43)nc(-c3cccc4c3sc3ccccc34)c21. The lowest BCUT2D eigenvalue weighted by atomic mass is 9.72. The summed E-state index contributed by atoms with van der Waals surface area (Å²) in [4.78, 5) is 23.8. The Balaban J connectivity index is 0.755. The first-order chi connectivity index (χ1) is 54.9. The maximum absolute atomic E-state index is 6.92. The van der Waals surface area contributed by atoms with E-state index in [0.717, 1.165) is 131 Å². The van der Waals surface area contributed by atoms with Gasteiger partial charge in [0.05, 0.1) is 33.5 Å². The highest BCUT2D eigenvalue weighted by atomic mass is 32.1. The maximum Gasteiger partial charge on any atom is 0.236 e. The van der Waals surface area contributed by atoms with E-state index in [-0.39, 0.29) is 0 Å². The van der Waals surface area contributed by atoms with E-state index < -0.39 is 5.41 Å². The molecule has 7 heterocycles. The Morgan fingerprint density at radius 2 is 0.694 bits per heavy atom. The molecule has 26 rings (SSSR count). The van der Waals surface area contributed by atoms with Crippen molar-refractivity contribution in [2.45, 2.75) is 12.3 Å². The van der Waals surface area contributed by atoms with Gasteiger partial charge < -0.3 is 4.42 Å². The minimum atomic E-state index is -0.790. The molecule has 1 atom stereocenters. The molecule has 1 aliphatic rings. The van der Waals surface area contributed by atoms with Gasteiger partial charge >= 0.3 is 0 Å². The lowest BCUT2D eigenvalue weighted by Gasteiger charge is -2.30. The molecule has 0 saturated heterocycles. The average molecular weight is 1450 g/mol. The number of aromatic nitrogens is 6. The summed E-state index contributed by atoms with van der Waals surface area (Å²) < 4.78 is 16.5. The highest BCUT2D eigenvalue weighted by Gasteiger charge is 2.46. The fraction of sp³-hybridized carbons (Fsp3) is 0.0196. The normalized spacial score (nSPS) is 14.0. The Hall–Kier alpha value is -14.0. The van der Waals surface area contributed by atoms with Crippen LogP contribution < -0.4 is 0 Å². The third-order valence-electron chi connectivity index (χ3n) is 24.7. The van der Waals surface area contributed by atoms with Gasteiger partial charge in [0.1, 0.15) is 16.8 Å². The highest BCUT2D eigenvalue weighted by Crippen LogP contribution is 2.58. The predicted octanol–water partition coefficient (Wildman–Crippen LogP) is 28.0. The van der Waals surface area contributed by atoms with E-state index in [9.17, 15) is 0 Å². The monoisotopic (exact) mass is 1440 g/mol. The van der Waals surface area contributed by atoms with E-state index in [4.69, 9.17) is 24.4 Å². The highest BCUT2D eigenvalue weighted by molar-refractivity contribution is 7.26. The molecule has 1 unspecified atom stereocenters. The number of hydrogen-bond acceptors (Lipinski definition) is 7. The number of thiophene rings is 2. The third kappa shape index (κ3) is 7.99. The van der Waals surface area contributed by atoms with Crippen molar-refractivity contribution in [3.05, 3.63) is 338 Å². The van der Waals surface area contributed by atoms with Crippen LogP contribution in [0, 0.1) is 0 Å². The Bertz CT molecular complexity index is 8550. The number of para-hydroxylation sites is 1. The second kappa shape index (κ2) is 21.9. The third-order valence-corrected chi connectivity index (χ3v) is 27.2. The molecule has 0 aliphatic heterocycles. The zero-order valence-electron chi connectivity index (χ0n) is 59.5. The zero-order valence-corrected chi connectivity index (χ0v) is 61.1. The van der Waals surface area contributed by atoms with Crippen LogP contribution in [-0.2, 0) is 5.41 Å². The first-order valence-corrected chi connectivity index (χ1v) is 39.5. The summed E-state index contributed by atoms with van der Waals surface area (Å²) in [5.74, 6) is 1.20. The second-order valence-corrected chi connectivity index (χ2v) is 32.3. The topological polar surface area (TPSA) is 74.6 Å². The molecule has 0 amide bonds. The molecule has 7 nitrogen and oxygen atoms in total. The molecule has 0 N–H and O–H groups in total. The summed E-state index contributed by atoms with van der Waals surface area (Å²) in [6, 6.07) is 119. The van der Waals surface area contributed by atoms with Crippen LogP contribution in [0.4, 0.5) is 0 Å². The van der Waals surface area contributed by atoms with Crippen LogP contribution in [0.1, 0.15) is 23.6 Å². The van der Waals surface area contributed by atoms with Gasteiger partial charge in [0.25, 0.3) is 0 Å². The number of furan rings is 1. The van der Waals surface area contributed by atoms with Crippen molar-refractivity contribution < 1.29 is 4.42 Å². The number of rotatable bonds is 5. The predicted molar refractivity (Wildman–Crippen MR) is 468 cm³/mol. The van der Waals surface area contributed by atoms with Crippen LogP contribution in [-0.4, -0.2) is 29.1 Å². The van der Waals surface area contributed by atoms with Crippen LogP contribution in [0.3, 0.4) is 0 Å². The van der Waals surface area contributed by atoms with Crippen molar-refractivity contribution in [1.29, 1.82) is 0 Å². The van der Waals surface area contributed by atoms with Gasteiger partial charge in [-0.2, -0.15) is 0 Å². The lowest BCUT2D eigenvalue weighted by molar-refractivity contribution is 0.666. The van der Waals surface area contributed by atoms with Crippen LogP contribution in [0.15, 0.2) is 326 Å². The smallest absolute Gasteiger partial charge is 0.236 e. The van der Waals surface area contributed by atoms with Crippen molar-refractivity contribution in [3.63, 3.8) is 0 Å². The van der Waals surface area contributed by atoms with Gasteiger partial charge in [0, 0.05) is 106 Å². The van der Waals surface area contributed by atoms with Crippen LogP contribution >= 0.6 is 22.7 Å². The molecule has 1 aliphatic carbocycles. The van der Waals surface area contributed by atoms with Gasteiger partial charge in [0.2, 0.25) is 11.9 Å². The Morgan fingerprint density at radius 1 is 0.288 bits per heavy atom. The molecule has 111 heavy (non-hydrogen) atoms. The van der Waals surface area contributed by atoms with E-state index in [2.05, 4.69) is 325 Å². The van der Waals surface area contributed by atoms with Gasteiger partial charge in [-0.1, -0.05) is 255 Å². The maximum atomic E-state index is 6.92. The van der Waals surface area contributed by atoms with Crippen molar-refractivity contribution >= 4 is 215 Å². The standard InChI is InChI=1S/C102H56N6OS2/c1-102(80-40-16-12-34-73(80)93-92(102)94(75-38-20-36-71-65-31-14-18-42-86(65)110-98(71)75)104-100(103-93)107-81-48-46-68-62-28-7-6-26-60(62)61-27-10-11-33-67(61)88(68)90(81)78-50-55-22-2-4-24-57(55)52-83(78)107)59-44-45-70-77(54-59)64-30-9-8-29-63(64)69-47-49-82-91(89(69)70)79-51-56-23-3-5-25-58(56)53-84(79)108(82)101-105-95-74-35-13-17-41-85(74)109-97(95)96(106-101)76-39-21-37-72-66-32-15-19-43-87(66)111-99(72)76/h2-54H,1H3. The molecule has 0 fully saturated rings. The largest absolute Gasteiger partial charge is 0.452 e. The van der Waals surface area contributed by atoms with Gasteiger partial charge in [-0.3, -0.25) is 9.13 Å². The first-order valence-electron chi connectivity index (χ1n) is 37.9. The molecule has 18 aromatic carbocycles. The second-order valence-electron chi connectivity index (χ2n) is 30.2. The number of nitrogens with zero attached hydrogens (tertiary/aromatic N) is 6. The van der Waals surface area contributed by atoms with Gasteiger partial charge in [-0.25, -0.2) is 19.9 Å².